The molecule has 0 bridgehead atoms. The molecule has 0 amide bonds. The number of nitrogens with zero attached hydrogens (tertiary/aromatic N) is 5. The molecule has 0 aliphatic heterocycles. The normalized spacial score (nSPS) is 13.9. The van der Waals surface area contributed by atoms with Crippen LogP contribution in [0, 0.1) is 6.92 Å². The van der Waals surface area contributed by atoms with Gasteiger partial charge in [0, 0.05) is 67.0 Å². The van der Waals surface area contributed by atoms with Gasteiger partial charge in [-0.05, 0) is 109 Å². The summed E-state index contributed by atoms with van der Waals surface area (Å²) in [6.45, 7) is 11.3. The van der Waals surface area contributed by atoms with E-state index >= 15 is 0 Å². The number of rotatable bonds is 7. The Morgan fingerprint density at radius 1 is 0.393 bits per heavy atom. The number of para-hydroxylation sites is 3. The zero-order valence-corrected chi connectivity index (χ0v) is 35.1. The molecule has 0 saturated heterocycles. The highest BCUT2D eigenvalue weighted by molar-refractivity contribution is 5.90. The van der Waals surface area contributed by atoms with Crippen molar-refractivity contribution in [1.82, 2.24) is 15.0 Å². The number of hydrogen-bond donors (Lipinski definition) is 0. The maximum atomic E-state index is 5.55. The summed E-state index contributed by atoms with van der Waals surface area (Å²) in [4.78, 5) is 20.9. The molecule has 2 heterocycles. The molecule has 2 aliphatic rings. The highest BCUT2D eigenvalue weighted by Crippen LogP contribution is 2.54. The lowest BCUT2D eigenvalue weighted by Crippen LogP contribution is -2.20. The smallest absolute Gasteiger partial charge is 0.0933 e. The molecule has 7 aromatic carbocycles. The third kappa shape index (κ3) is 5.95. The topological polar surface area (TPSA) is 45.2 Å². The van der Waals surface area contributed by atoms with Gasteiger partial charge in [-0.1, -0.05) is 124 Å². The van der Waals surface area contributed by atoms with Crippen molar-refractivity contribution < 1.29 is 0 Å². The number of pyridine rings is 1. The van der Waals surface area contributed by atoms with E-state index < -0.39 is 0 Å². The number of fused-ring (bicyclic) bond motifs is 7. The van der Waals surface area contributed by atoms with Crippen LogP contribution in [0.25, 0.3) is 44.7 Å². The van der Waals surface area contributed by atoms with Gasteiger partial charge in [-0.2, -0.15) is 0 Å². The standard InChI is InChI=1S/C56H45N5/c1-36-21-25-42(26-22-36)61(41-19-13-8-14-20-41)44-27-30-46-48(35-44)56(4,5)54-52(46)59-53-51(58-54)45-29-23-38(34-47(45)55(53,2)3)49-31-24-37-33-43(28-32-50(37)57-49)60(39-15-9-6-10-16-39)40-17-11-7-12-18-40/h6-35H,1-5H3. The predicted octanol–water partition coefficient (Wildman–Crippen LogP) is 14.6. The zero-order valence-electron chi connectivity index (χ0n) is 35.1. The van der Waals surface area contributed by atoms with Crippen LogP contribution < -0.4 is 9.80 Å². The predicted molar refractivity (Wildman–Crippen MR) is 252 cm³/mol. The number of hydrogen-bond acceptors (Lipinski definition) is 5. The molecule has 0 saturated carbocycles. The molecule has 0 N–H and O–H groups in total. The second-order valence-electron chi connectivity index (χ2n) is 17.4. The Hall–Kier alpha value is -7.37. The monoisotopic (exact) mass is 787 g/mol. The first-order chi connectivity index (χ1) is 29.6. The Morgan fingerprint density at radius 2 is 0.852 bits per heavy atom. The summed E-state index contributed by atoms with van der Waals surface area (Å²) in [5.74, 6) is 0. The van der Waals surface area contributed by atoms with Crippen LogP contribution in [-0.4, -0.2) is 15.0 Å². The van der Waals surface area contributed by atoms with E-state index in [4.69, 9.17) is 15.0 Å². The minimum absolute atomic E-state index is 0.348. The second kappa shape index (κ2) is 13.9. The van der Waals surface area contributed by atoms with Crippen molar-refractivity contribution >= 4 is 45.0 Å². The maximum absolute atomic E-state index is 5.55. The van der Waals surface area contributed by atoms with Crippen molar-refractivity contribution in [3.05, 3.63) is 210 Å². The van der Waals surface area contributed by atoms with Crippen molar-refractivity contribution in [3.8, 4) is 33.8 Å². The molecule has 0 radical (unpaired) electrons. The van der Waals surface area contributed by atoms with E-state index in [1.165, 1.54) is 16.7 Å². The van der Waals surface area contributed by atoms with Crippen molar-refractivity contribution in [2.75, 3.05) is 9.80 Å². The Kier molecular flexibility index (Phi) is 8.33. The molecular formula is C56H45N5. The van der Waals surface area contributed by atoms with Crippen LogP contribution in [-0.2, 0) is 10.8 Å². The van der Waals surface area contributed by atoms with E-state index in [1.807, 2.05) is 0 Å². The molecule has 5 nitrogen and oxygen atoms in total. The van der Waals surface area contributed by atoms with Gasteiger partial charge in [0.2, 0.25) is 0 Å². The molecule has 11 rings (SSSR count). The van der Waals surface area contributed by atoms with Crippen molar-refractivity contribution in [1.29, 1.82) is 0 Å². The molecule has 5 heteroatoms. The molecule has 2 aromatic heterocycles. The SMILES string of the molecule is Cc1ccc(N(c2ccccc2)c2ccc3c(c2)C(C)(C)c2nc4c(nc2-3)C(C)(C)c2cc(-c3ccc5cc(N(c6ccccc6)c6ccccc6)ccc5n3)ccc2-4)cc1. The third-order valence-corrected chi connectivity index (χ3v) is 12.8. The highest BCUT2D eigenvalue weighted by atomic mass is 15.1. The van der Waals surface area contributed by atoms with Gasteiger partial charge in [0.05, 0.1) is 34.0 Å². The summed E-state index contributed by atoms with van der Waals surface area (Å²) in [7, 11) is 0. The molecule has 294 valence electrons. The van der Waals surface area contributed by atoms with Gasteiger partial charge in [0.15, 0.2) is 0 Å². The van der Waals surface area contributed by atoms with Gasteiger partial charge in [-0.3, -0.25) is 0 Å². The lowest BCUT2D eigenvalue weighted by Gasteiger charge is -2.27. The maximum Gasteiger partial charge on any atom is 0.0933 e. The Labute approximate surface area is 357 Å². The van der Waals surface area contributed by atoms with Gasteiger partial charge in [0.25, 0.3) is 0 Å². The fraction of sp³-hybridized carbons (Fsp3) is 0.125. The Balaban J connectivity index is 0.936. The van der Waals surface area contributed by atoms with Gasteiger partial charge in [0.1, 0.15) is 0 Å². The molecule has 9 aromatic rings. The van der Waals surface area contributed by atoms with Crippen LogP contribution in [0.1, 0.15) is 55.8 Å². The van der Waals surface area contributed by atoms with Crippen LogP contribution in [0.5, 0.6) is 0 Å². The van der Waals surface area contributed by atoms with E-state index in [0.717, 1.165) is 90.2 Å². The summed E-state index contributed by atoms with van der Waals surface area (Å²) >= 11 is 0. The zero-order chi connectivity index (χ0) is 41.5. The van der Waals surface area contributed by atoms with Crippen LogP contribution in [0.2, 0.25) is 0 Å². The van der Waals surface area contributed by atoms with Crippen molar-refractivity contribution in [2.24, 2.45) is 0 Å². The second-order valence-corrected chi connectivity index (χ2v) is 17.4. The van der Waals surface area contributed by atoms with Crippen LogP contribution in [0.15, 0.2) is 182 Å². The minimum atomic E-state index is -0.352. The van der Waals surface area contributed by atoms with Crippen LogP contribution in [0.4, 0.5) is 34.1 Å². The minimum Gasteiger partial charge on any atom is -0.310 e. The quantitative estimate of drug-likeness (QED) is 0.161. The summed E-state index contributed by atoms with van der Waals surface area (Å²) in [6.07, 6.45) is 0. The fourth-order valence-corrected chi connectivity index (χ4v) is 9.49. The van der Waals surface area contributed by atoms with E-state index in [0.29, 0.717) is 0 Å². The molecule has 0 fully saturated rings. The molecular weight excluding hydrogens is 743 g/mol. The number of anilines is 6. The van der Waals surface area contributed by atoms with Crippen molar-refractivity contribution in [3.63, 3.8) is 0 Å². The molecule has 0 unspecified atom stereocenters. The number of benzene rings is 7. The van der Waals surface area contributed by atoms with Gasteiger partial charge in [-0.15, -0.1) is 0 Å². The first-order valence-electron chi connectivity index (χ1n) is 21.1. The van der Waals surface area contributed by atoms with Crippen molar-refractivity contribution in [2.45, 2.75) is 45.4 Å². The Bertz CT molecular complexity index is 3100. The van der Waals surface area contributed by atoms with E-state index in [2.05, 4.69) is 226 Å². The lowest BCUT2D eigenvalue weighted by atomic mass is 9.84. The summed E-state index contributed by atoms with van der Waals surface area (Å²) in [5.41, 5.74) is 19.0. The van der Waals surface area contributed by atoms with Crippen LogP contribution in [0.3, 0.4) is 0 Å². The lowest BCUT2D eigenvalue weighted by molar-refractivity contribution is 0.617. The highest BCUT2D eigenvalue weighted by Gasteiger charge is 2.45. The first kappa shape index (κ1) is 36.7. The fourth-order valence-electron chi connectivity index (χ4n) is 9.49. The number of aryl methyl sites for hydroxylation is 1. The van der Waals surface area contributed by atoms with Crippen LogP contribution >= 0.6 is 0 Å². The molecule has 61 heavy (non-hydrogen) atoms. The van der Waals surface area contributed by atoms with E-state index in [1.54, 1.807) is 0 Å². The third-order valence-electron chi connectivity index (χ3n) is 12.8. The number of aromatic nitrogens is 3. The summed E-state index contributed by atoms with van der Waals surface area (Å²) in [5, 5.41) is 1.09. The average molecular weight is 788 g/mol. The van der Waals surface area contributed by atoms with Gasteiger partial charge < -0.3 is 9.80 Å². The van der Waals surface area contributed by atoms with Gasteiger partial charge >= 0.3 is 0 Å². The molecule has 0 spiro atoms. The van der Waals surface area contributed by atoms with E-state index in [-0.39, 0.29) is 10.8 Å². The Morgan fingerprint density at radius 3 is 1.41 bits per heavy atom. The molecule has 0 atom stereocenters. The summed E-state index contributed by atoms with van der Waals surface area (Å²) in [6, 6.07) is 64.8. The largest absolute Gasteiger partial charge is 0.310 e. The van der Waals surface area contributed by atoms with Gasteiger partial charge in [-0.25, -0.2) is 15.0 Å². The first-order valence-corrected chi connectivity index (χ1v) is 21.1. The summed E-state index contributed by atoms with van der Waals surface area (Å²) < 4.78 is 0. The average Bonchev–Trinajstić information content (AvgIpc) is 3.65. The van der Waals surface area contributed by atoms with E-state index in [9.17, 15) is 0 Å². The molecule has 2 aliphatic carbocycles.